The summed E-state index contributed by atoms with van der Waals surface area (Å²) in [5.41, 5.74) is 1.10. The van der Waals surface area contributed by atoms with Crippen LogP contribution in [0.4, 0.5) is 0 Å². The summed E-state index contributed by atoms with van der Waals surface area (Å²) in [6, 6.07) is 13.4. The van der Waals surface area contributed by atoms with Crippen LogP contribution in [-0.2, 0) is 0 Å². The largest absolute Gasteiger partial charge is 0.494 e. The van der Waals surface area contributed by atoms with Gasteiger partial charge in [0.05, 0.1) is 6.61 Å². The molecule has 0 fully saturated rings. The van der Waals surface area contributed by atoms with Crippen LogP contribution in [0, 0.1) is 0 Å². The fraction of sp³-hybridized carbons (Fsp3) is 0.333. The van der Waals surface area contributed by atoms with Gasteiger partial charge in [0.1, 0.15) is 34.1 Å². The maximum Gasteiger partial charge on any atom is 0.131 e. The number of rotatable bonds is 9. The zero-order chi connectivity index (χ0) is 18.9. The first kappa shape index (κ1) is 20.5. The van der Waals surface area contributed by atoms with Crippen molar-refractivity contribution >= 4 is 23.2 Å². The second-order valence-electron chi connectivity index (χ2n) is 5.82. The Balaban J connectivity index is 2.19. The predicted molar refractivity (Wildman–Crippen MR) is 108 cm³/mol. The van der Waals surface area contributed by atoms with E-state index in [-0.39, 0.29) is 4.49 Å². The monoisotopic (exact) mass is 394 g/mol. The number of ether oxygens (including phenoxy) is 3. The molecule has 3 nitrogen and oxygen atoms in total. The Kier molecular flexibility index (Phi) is 8.14. The van der Waals surface area contributed by atoms with Gasteiger partial charge in [-0.1, -0.05) is 37.0 Å². The number of hydrogen-bond acceptors (Lipinski definition) is 3. The van der Waals surface area contributed by atoms with E-state index in [0.717, 1.165) is 35.0 Å². The minimum absolute atomic E-state index is 0.197. The van der Waals surface area contributed by atoms with E-state index in [0.29, 0.717) is 19.1 Å². The van der Waals surface area contributed by atoms with Crippen molar-refractivity contribution in [2.45, 2.75) is 33.1 Å². The molecule has 0 saturated carbocycles. The van der Waals surface area contributed by atoms with Crippen LogP contribution in [0.15, 0.2) is 53.0 Å². The van der Waals surface area contributed by atoms with Crippen LogP contribution in [0.25, 0.3) is 0 Å². The van der Waals surface area contributed by atoms with Crippen LogP contribution in [0.5, 0.6) is 23.0 Å². The first-order chi connectivity index (χ1) is 12.5. The first-order valence-electron chi connectivity index (χ1n) is 8.72. The van der Waals surface area contributed by atoms with Gasteiger partial charge < -0.3 is 14.2 Å². The standard InChI is InChI=1S/C21H24Cl2O3/c1-4-15(3)19-14-18(25-13-12-21(22)23)10-11-20(19)26-17-8-6-16(7-9-17)24-5-2/h6-12,14-15H,4-5,13H2,1-3H3. The van der Waals surface area contributed by atoms with Gasteiger partial charge in [-0.3, -0.25) is 0 Å². The lowest BCUT2D eigenvalue weighted by molar-refractivity contribution is 0.339. The molecule has 5 heteroatoms. The summed E-state index contributed by atoms with van der Waals surface area (Å²) in [5.74, 6) is 3.51. The molecule has 0 bridgehead atoms. The van der Waals surface area contributed by atoms with Crippen molar-refractivity contribution in [2.24, 2.45) is 0 Å². The molecule has 0 heterocycles. The Bertz CT molecular complexity index is 723. The van der Waals surface area contributed by atoms with E-state index in [1.165, 1.54) is 0 Å². The van der Waals surface area contributed by atoms with E-state index in [2.05, 4.69) is 13.8 Å². The second-order valence-corrected chi connectivity index (χ2v) is 6.83. The average Bonchev–Trinajstić information content (AvgIpc) is 2.63. The molecular formula is C21H24Cl2O3. The fourth-order valence-corrected chi connectivity index (χ4v) is 2.54. The summed E-state index contributed by atoms with van der Waals surface area (Å²) < 4.78 is 17.4. The molecule has 0 aliphatic heterocycles. The lowest BCUT2D eigenvalue weighted by atomic mass is 9.97. The van der Waals surface area contributed by atoms with Crippen molar-refractivity contribution in [3.8, 4) is 23.0 Å². The molecule has 0 spiro atoms. The molecular weight excluding hydrogens is 371 g/mol. The summed E-state index contributed by atoms with van der Waals surface area (Å²) in [4.78, 5) is 0. The molecule has 0 aliphatic carbocycles. The maximum absolute atomic E-state index is 6.10. The van der Waals surface area contributed by atoms with E-state index in [1.54, 1.807) is 6.08 Å². The van der Waals surface area contributed by atoms with Crippen molar-refractivity contribution in [1.82, 2.24) is 0 Å². The SMILES string of the molecule is CCOc1ccc(Oc2ccc(OCC=C(Cl)Cl)cc2C(C)CC)cc1. The van der Waals surface area contributed by atoms with Gasteiger partial charge in [-0.05, 0) is 67.8 Å². The summed E-state index contributed by atoms with van der Waals surface area (Å²) in [6.07, 6.45) is 2.60. The lowest BCUT2D eigenvalue weighted by Crippen LogP contribution is -2.00. The zero-order valence-electron chi connectivity index (χ0n) is 15.3. The summed E-state index contributed by atoms with van der Waals surface area (Å²) in [7, 11) is 0. The minimum atomic E-state index is 0.197. The number of hydrogen-bond donors (Lipinski definition) is 0. The van der Waals surface area contributed by atoms with Gasteiger partial charge in [-0.25, -0.2) is 0 Å². The smallest absolute Gasteiger partial charge is 0.131 e. The van der Waals surface area contributed by atoms with Gasteiger partial charge in [0.2, 0.25) is 0 Å². The molecule has 1 unspecified atom stereocenters. The molecule has 1 atom stereocenters. The van der Waals surface area contributed by atoms with Gasteiger partial charge >= 0.3 is 0 Å². The first-order valence-corrected chi connectivity index (χ1v) is 9.47. The maximum atomic E-state index is 6.10. The molecule has 0 aromatic heterocycles. The molecule has 2 aromatic rings. The second kappa shape index (κ2) is 10.3. The summed E-state index contributed by atoms with van der Waals surface area (Å²) >= 11 is 11.2. The summed E-state index contributed by atoms with van der Waals surface area (Å²) in [5, 5.41) is 0. The molecule has 0 aliphatic rings. The normalized spacial score (nSPS) is 11.6. The van der Waals surface area contributed by atoms with E-state index < -0.39 is 0 Å². The molecule has 0 N–H and O–H groups in total. The zero-order valence-corrected chi connectivity index (χ0v) is 16.8. The molecule has 2 aromatic carbocycles. The van der Waals surface area contributed by atoms with Crippen molar-refractivity contribution in [3.63, 3.8) is 0 Å². The predicted octanol–water partition coefficient (Wildman–Crippen LogP) is 7.09. The molecule has 0 saturated heterocycles. The van der Waals surface area contributed by atoms with Gasteiger partial charge in [0, 0.05) is 5.56 Å². The number of halogens is 2. The molecule has 0 radical (unpaired) electrons. The van der Waals surface area contributed by atoms with Crippen LogP contribution in [0.2, 0.25) is 0 Å². The Labute approximate surface area is 165 Å². The van der Waals surface area contributed by atoms with Crippen LogP contribution in [0.3, 0.4) is 0 Å². The molecule has 26 heavy (non-hydrogen) atoms. The third kappa shape index (κ3) is 6.15. The Morgan fingerprint density at radius 3 is 2.23 bits per heavy atom. The fourth-order valence-electron chi connectivity index (χ4n) is 2.41. The van der Waals surface area contributed by atoms with Gasteiger partial charge in [0.15, 0.2) is 0 Å². The van der Waals surface area contributed by atoms with E-state index in [1.807, 2.05) is 49.4 Å². The molecule has 2 rings (SSSR count). The lowest BCUT2D eigenvalue weighted by Gasteiger charge is -2.17. The van der Waals surface area contributed by atoms with Gasteiger partial charge in [-0.15, -0.1) is 0 Å². The van der Waals surface area contributed by atoms with Crippen molar-refractivity contribution in [3.05, 3.63) is 58.6 Å². The van der Waals surface area contributed by atoms with Gasteiger partial charge in [-0.2, -0.15) is 0 Å². The molecule has 0 amide bonds. The van der Waals surface area contributed by atoms with Crippen LogP contribution >= 0.6 is 23.2 Å². The third-order valence-electron chi connectivity index (χ3n) is 3.97. The van der Waals surface area contributed by atoms with E-state index >= 15 is 0 Å². The highest BCUT2D eigenvalue weighted by molar-refractivity contribution is 6.55. The number of benzene rings is 2. The highest BCUT2D eigenvalue weighted by atomic mass is 35.5. The van der Waals surface area contributed by atoms with Crippen LogP contribution in [-0.4, -0.2) is 13.2 Å². The Hall–Kier alpha value is -1.84. The average molecular weight is 395 g/mol. The quantitative estimate of drug-likeness (QED) is 0.454. The van der Waals surface area contributed by atoms with Crippen molar-refractivity contribution < 1.29 is 14.2 Å². The highest BCUT2D eigenvalue weighted by Gasteiger charge is 2.13. The third-order valence-corrected chi connectivity index (χ3v) is 4.28. The highest BCUT2D eigenvalue weighted by Crippen LogP contribution is 2.35. The molecule has 140 valence electrons. The summed E-state index contributed by atoms with van der Waals surface area (Å²) in [6.45, 7) is 7.24. The Morgan fingerprint density at radius 1 is 0.962 bits per heavy atom. The Morgan fingerprint density at radius 2 is 1.62 bits per heavy atom. The minimum Gasteiger partial charge on any atom is -0.494 e. The topological polar surface area (TPSA) is 27.7 Å². The van der Waals surface area contributed by atoms with E-state index in [9.17, 15) is 0 Å². The van der Waals surface area contributed by atoms with Crippen LogP contribution in [0.1, 0.15) is 38.7 Å². The van der Waals surface area contributed by atoms with Crippen molar-refractivity contribution in [1.29, 1.82) is 0 Å². The van der Waals surface area contributed by atoms with Gasteiger partial charge in [0.25, 0.3) is 0 Å². The van der Waals surface area contributed by atoms with Crippen LogP contribution < -0.4 is 14.2 Å². The van der Waals surface area contributed by atoms with E-state index in [4.69, 9.17) is 37.4 Å². The van der Waals surface area contributed by atoms with Crippen molar-refractivity contribution in [2.75, 3.05) is 13.2 Å².